The van der Waals surface area contributed by atoms with Gasteiger partial charge in [-0.2, -0.15) is 0 Å². The van der Waals surface area contributed by atoms with Gasteiger partial charge in [0.15, 0.2) is 17.2 Å². The summed E-state index contributed by atoms with van der Waals surface area (Å²) in [6.07, 6.45) is 3.98. The van der Waals surface area contributed by atoms with Gasteiger partial charge >= 0.3 is 0 Å². The van der Waals surface area contributed by atoms with E-state index in [-0.39, 0.29) is 5.43 Å². The van der Waals surface area contributed by atoms with Gasteiger partial charge in [0.05, 0.1) is 26.8 Å². The van der Waals surface area contributed by atoms with Crippen LogP contribution in [0.4, 0.5) is 0 Å². The zero-order valence-corrected chi connectivity index (χ0v) is 14.2. The van der Waals surface area contributed by atoms with E-state index >= 15 is 0 Å². The van der Waals surface area contributed by atoms with Gasteiger partial charge in [0.2, 0.25) is 5.43 Å². The molecule has 2 aromatic rings. The number of aromatic nitrogens is 1. The van der Waals surface area contributed by atoms with Crippen LogP contribution < -0.4 is 19.6 Å². The molecule has 5 nitrogen and oxygen atoms in total. The molecule has 1 aliphatic carbocycles. The first-order valence-corrected chi connectivity index (χ1v) is 7.83. The van der Waals surface area contributed by atoms with Gasteiger partial charge in [0.1, 0.15) is 0 Å². The maximum Gasteiger partial charge on any atom is 0.220 e. The van der Waals surface area contributed by atoms with Crippen molar-refractivity contribution in [2.45, 2.75) is 0 Å². The summed E-state index contributed by atoms with van der Waals surface area (Å²) < 4.78 is 18.0. The van der Waals surface area contributed by atoms with Crippen molar-refractivity contribution in [2.75, 3.05) is 21.3 Å². The van der Waals surface area contributed by atoms with Crippen LogP contribution in [0.25, 0.3) is 27.4 Å². The number of rotatable bonds is 3. The minimum Gasteiger partial charge on any atom is -0.493 e. The van der Waals surface area contributed by atoms with Crippen molar-refractivity contribution in [3.63, 3.8) is 0 Å². The number of hydrogen-bond acceptors (Lipinski definition) is 4. The number of pyridine rings is 2. The molecule has 0 saturated heterocycles. The standard InChI is InChI=1S/C20H17NO4/c1-23-18-9-14-11-21-5-4-12-8-19(24-2)20(25-3)10-15(12)16(21)6-13(14)7-17(18)22/h4-11H,1-3H3. The lowest BCUT2D eigenvalue weighted by atomic mass is 10.0. The lowest BCUT2D eigenvalue weighted by Gasteiger charge is -2.14. The zero-order valence-electron chi connectivity index (χ0n) is 14.2. The molecule has 126 valence electrons. The third-order valence-electron chi connectivity index (χ3n) is 4.46. The first-order chi connectivity index (χ1) is 12.1. The number of ether oxygens (including phenoxy) is 3. The topological polar surface area (TPSA) is 49.2 Å². The van der Waals surface area contributed by atoms with Gasteiger partial charge in [-0.15, -0.1) is 0 Å². The highest BCUT2D eigenvalue weighted by atomic mass is 16.5. The number of fused-ring (bicyclic) bond motifs is 4. The second-order valence-corrected chi connectivity index (χ2v) is 5.81. The molecule has 1 aliphatic heterocycles. The first kappa shape index (κ1) is 15.3. The average Bonchev–Trinajstić information content (AvgIpc) is 2.64. The number of methoxy groups -OCH3 is 3. The quantitative estimate of drug-likeness (QED) is 0.424. The molecule has 0 spiro atoms. The fourth-order valence-corrected chi connectivity index (χ4v) is 3.18. The van der Waals surface area contributed by atoms with Gasteiger partial charge in [-0.1, -0.05) is 0 Å². The summed E-state index contributed by atoms with van der Waals surface area (Å²) in [6, 6.07) is 11.3. The fourth-order valence-electron chi connectivity index (χ4n) is 3.18. The van der Waals surface area contributed by atoms with Crippen molar-refractivity contribution in [1.29, 1.82) is 0 Å². The molecule has 0 atom stereocenters. The van der Waals surface area contributed by atoms with E-state index < -0.39 is 0 Å². The molecule has 2 heterocycles. The normalized spacial score (nSPS) is 11.2. The van der Waals surface area contributed by atoms with Gasteiger partial charge in [0.25, 0.3) is 0 Å². The molecule has 0 N–H and O–H groups in total. The Morgan fingerprint density at radius 2 is 1.52 bits per heavy atom. The van der Waals surface area contributed by atoms with E-state index in [9.17, 15) is 4.79 Å². The fraction of sp³-hybridized carbons (Fsp3) is 0.150. The summed E-state index contributed by atoms with van der Waals surface area (Å²) in [6.45, 7) is 0. The largest absolute Gasteiger partial charge is 0.493 e. The second kappa shape index (κ2) is 5.70. The maximum absolute atomic E-state index is 12.1. The highest BCUT2D eigenvalue weighted by Gasteiger charge is 2.12. The minimum atomic E-state index is -0.126. The molecule has 0 bridgehead atoms. The van der Waals surface area contributed by atoms with Gasteiger partial charge in [-0.05, 0) is 47.3 Å². The van der Waals surface area contributed by atoms with Crippen LogP contribution in [-0.4, -0.2) is 25.7 Å². The van der Waals surface area contributed by atoms with Crippen LogP contribution in [-0.2, 0) is 0 Å². The molecule has 4 rings (SSSR count). The Balaban J connectivity index is 2.10. The molecule has 1 aromatic carbocycles. The molecular formula is C20H17NO4. The van der Waals surface area contributed by atoms with Crippen molar-refractivity contribution in [3.8, 4) is 28.4 Å². The molecular weight excluding hydrogens is 318 g/mol. The molecule has 0 radical (unpaired) electrons. The molecule has 1 aromatic heterocycles. The Hall–Kier alpha value is -3.21. The lowest BCUT2D eigenvalue weighted by Crippen LogP contribution is -2.06. The Labute approximate surface area is 144 Å². The van der Waals surface area contributed by atoms with E-state index in [1.807, 2.05) is 41.1 Å². The number of nitrogens with zero attached hydrogens (tertiary/aromatic N) is 1. The van der Waals surface area contributed by atoms with E-state index in [0.717, 1.165) is 27.4 Å². The van der Waals surface area contributed by atoms with Crippen molar-refractivity contribution in [2.24, 2.45) is 0 Å². The Morgan fingerprint density at radius 1 is 0.800 bits per heavy atom. The van der Waals surface area contributed by atoms with Crippen LogP contribution >= 0.6 is 0 Å². The molecule has 5 heteroatoms. The van der Waals surface area contributed by atoms with E-state index in [4.69, 9.17) is 14.2 Å². The van der Waals surface area contributed by atoms with E-state index in [1.165, 1.54) is 7.11 Å². The van der Waals surface area contributed by atoms with E-state index in [2.05, 4.69) is 0 Å². The van der Waals surface area contributed by atoms with Crippen molar-refractivity contribution < 1.29 is 14.2 Å². The Morgan fingerprint density at radius 3 is 2.24 bits per heavy atom. The molecule has 0 fully saturated rings. The van der Waals surface area contributed by atoms with Crippen LogP contribution in [0.1, 0.15) is 0 Å². The summed E-state index contributed by atoms with van der Waals surface area (Å²) >= 11 is 0. The van der Waals surface area contributed by atoms with Crippen molar-refractivity contribution >= 4 is 16.3 Å². The van der Waals surface area contributed by atoms with Gasteiger partial charge in [0, 0.05) is 23.3 Å². The van der Waals surface area contributed by atoms with Crippen LogP contribution in [0, 0.1) is 0 Å². The van der Waals surface area contributed by atoms with Gasteiger partial charge in [-0.25, -0.2) is 0 Å². The highest BCUT2D eigenvalue weighted by molar-refractivity contribution is 5.99. The monoisotopic (exact) mass is 335 g/mol. The Bertz CT molecular complexity index is 1130. The van der Waals surface area contributed by atoms with Gasteiger partial charge < -0.3 is 18.6 Å². The minimum absolute atomic E-state index is 0.126. The summed E-state index contributed by atoms with van der Waals surface area (Å²) in [4.78, 5) is 12.1. The average molecular weight is 335 g/mol. The lowest BCUT2D eigenvalue weighted by molar-refractivity contribution is 0.356. The van der Waals surface area contributed by atoms with Crippen LogP contribution in [0.3, 0.4) is 0 Å². The van der Waals surface area contributed by atoms with Crippen LogP contribution in [0.2, 0.25) is 0 Å². The van der Waals surface area contributed by atoms with Gasteiger partial charge in [-0.3, -0.25) is 4.79 Å². The summed E-state index contributed by atoms with van der Waals surface area (Å²) in [5.74, 6) is 1.70. The molecule has 0 unspecified atom stereocenters. The highest BCUT2D eigenvalue weighted by Crippen LogP contribution is 2.35. The smallest absolute Gasteiger partial charge is 0.220 e. The van der Waals surface area contributed by atoms with Crippen molar-refractivity contribution in [3.05, 3.63) is 59.0 Å². The summed E-state index contributed by atoms with van der Waals surface area (Å²) in [5.41, 5.74) is 2.66. The maximum atomic E-state index is 12.1. The number of hydrogen-bond donors (Lipinski definition) is 0. The second-order valence-electron chi connectivity index (χ2n) is 5.81. The SMILES string of the molecule is COc1cc2ccn3cc4cc(OC)c(=O)cc-4cc3c2cc1OC. The third-order valence-corrected chi connectivity index (χ3v) is 4.46. The zero-order chi connectivity index (χ0) is 17.6. The number of benzene rings is 2. The van der Waals surface area contributed by atoms with E-state index in [0.29, 0.717) is 17.2 Å². The molecule has 0 saturated carbocycles. The molecule has 0 amide bonds. The molecule has 25 heavy (non-hydrogen) atoms. The Kier molecular flexibility index (Phi) is 3.50. The first-order valence-electron chi connectivity index (χ1n) is 7.83. The third kappa shape index (κ3) is 2.36. The van der Waals surface area contributed by atoms with Crippen LogP contribution in [0.5, 0.6) is 17.2 Å². The predicted octanol–water partition coefficient (Wildman–Crippen LogP) is 3.58. The van der Waals surface area contributed by atoms with Crippen LogP contribution in [0.15, 0.2) is 53.6 Å². The predicted molar refractivity (Wildman–Crippen MR) is 97.5 cm³/mol. The summed E-state index contributed by atoms with van der Waals surface area (Å²) in [7, 11) is 4.74. The molecule has 2 aliphatic rings. The summed E-state index contributed by atoms with van der Waals surface area (Å²) in [5, 5.41) is 2.05. The van der Waals surface area contributed by atoms with Crippen molar-refractivity contribution in [1.82, 2.24) is 4.40 Å². The van der Waals surface area contributed by atoms with E-state index in [1.54, 1.807) is 26.4 Å².